The van der Waals surface area contributed by atoms with Gasteiger partial charge in [0.1, 0.15) is 18.7 Å². The van der Waals surface area contributed by atoms with Crippen molar-refractivity contribution in [2.75, 3.05) is 13.1 Å². The number of halogens is 1. The summed E-state index contributed by atoms with van der Waals surface area (Å²) in [7, 11) is 0. The molecule has 1 N–H and O–H groups in total. The van der Waals surface area contributed by atoms with E-state index in [1.165, 1.54) is 25.1 Å². The normalized spacial score (nSPS) is 30.7. The monoisotopic (exact) mass is 321 g/mol. The number of rotatable bonds is 4. The standard InChI is InChI=1S/C17H23N3O.ClH/c18-10-3-6-16-7-9-17(21-16)8-4-12-20(14-17)13-15-5-1-2-11-19-15;/h1-2,5,11,16H,3-4,6-9,12-14H2;1H/t16-,17-;/m0./s1. The van der Waals surface area contributed by atoms with Gasteiger partial charge < -0.3 is 22.0 Å². The number of nitrogens with zero attached hydrogens (tertiary/aromatic N) is 2. The Bertz CT molecular complexity index is 504. The predicted molar refractivity (Wildman–Crippen MR) is 79.6 cm³/mol. The maximum absolute atomic E-state index is 8.72. The Labute approximate surface area is 138 Å². The number of hydrogen-bond donors (Lipinski definition) is 1. The average Bonchev–Trinajstić information content (AvgIpc) is 2.89. The lowest BCUT2D eigenvalue weighted by atomic mass is 9.89. The topological polar surface area (TPSA) is 50.4 Å². The number of likely N-dealkylation sites (tertiary alicyclic amines) is 1. The second-order valence-corrected chi connectivity index (χ2v) is 6.44. The molecule has 0 saturated carbocycles. The zero-order chi connectivity index (χ0) is 14.5. The molecule has 2 aliphatic heterocycles. The van der Waals surface area contributed by atoms with Crippen molar-refractivity contribution in [1.82, 2.24) is 4.98 Å². The summed E-state index contributed by atoms with van der Waals surface area (Å²) in [6, 6.07) is 8.37. The summed E-state index contributed by atoms with van der Waals surface area (Å²) >= 11 is 0. The number of pyridine rings is 1. The third-order valence-electron chi connectivity index (χ3n) is 4.81. The molecule has 1 aromatic rings. The summed E-state index contributed by atoms with van der Waals surface area (Å²) in [4.78, 5) is 6.03. The molecule has 0 radical (unpaired) electrons. The number of ether oxygens (including phenoxy) is 1. The summed E-state index contributed by atoms with van der Waals surface area (Å²) in [6.07, 6.45) is 8.39. The van der Waals surface area contributed by atoms with Gasteiger partial charge in [0, 0.05) is 12.6 Å². The molecule has 1 spiro atoms. The molecule has 2 fully saturated rings. The number of nitrogens with one attached hydrogen (secondary N) is 1. The number of nitriles is 1. The molecule has 2 aliphatic rings. The van der Waals surface area contributed by atoms with Crippen LogP contribution in [0.3, 0.4) is 0 Å². The fraction of sp³-hybridized carbons (Fsp3) is 0.647. The Kier molecular flexibility index (Phi) is 6.19. The highest BCUT2D eigenvalue weighted by atomic mass is 35.5. The molecule has 3 rings (SSSR count). The van der Waals surface area contributed by atoms with Crippen LogP contribution in [0.5, 0.6) is 0 Å². The van der Waals surface area contributed by atoms with Crippen LogP contribution in [-0.2, 0) is 11.3 Å². The lowest BCUT2D eigenvalue weighted by Gasteiger charge is -2.37. The second-order valence-electron chi connectivity index (χ2n) is 6.44. The zero-order valence-electron chi connectivity index (χ0n) is 12.9. The van der Waals surface area contributed by atoms with Crippen molar-refractivity contribution in [3.8, 4) is 6.07 Å². The van der Waals surface area contributed by atoms with Crippen molar-refractivity contribution in [3.63, 3.8) is 0 Å². The molecule has 120 valence electrons. The minimum absolute atomic E-state index is 0. The van der Waals surface area contributed by atoms with Crippen molar-refractivity contribution in [1.29, 1.82) is 5.26 Å². The lowest BCUT2D eigenvalue weighted by Crippen LogP contribution is -3.13. The van der Waals surface area contributed by atoms with E-state index in [0.29, 0.717) is 12.5 Å². The summed E-state index contributed by atoms with van der Waals surface area (Å²) in [5.74, 6) is 0. The van der Waals surface area contributed by atoms with E-state index in [1.54, 1.807) is 4.90 Å². The molecule has 3 heterocycles. The van der Waals surface area contributed by atoms with Gasteiger partial charge in [-0.05, 0) is 44.2 Å². The Balaban J connectivity index is 0.00000176. The summed E-state index contributed by atoms with van der Waals surface area (Å²) in [5.41, 5.74) is 1.24. The van der Waals surface area contributed by atoms with Crippen LogP contribution in [0.25, 0.3) is 0 Å². The fourth-order valence-corrected chi connectivity index (χ4v) is 3.84. The molecule has 0 bridgehead atoms. The van der Waals surface area contributed by atoms with Crippen LogP contribution in [0.2, 0.25) is 0 Å². The van der Waals surface area contributed by atoms with Crippen LogP contribution in [0.1, 0.15) is 44.2 Å². The molecule has 5 heteroatoms. The van der Waals surface area contributed by atoms with Gasteiger partial charge in [-0.1, -0.05) is 6.07 Å². The quantitative estimate of drug-likeness (QED) is 0.733. The molecule has 1 aromatic heterocycles. The number of quaternary nitrogens is 1. The maximum Gasteiger partial charge on any atom is 0.120 e. The summed E-state index contributed by atoms with van der Waals surface area (Å²) in [5, 5.41) is 8.72. The predicted octanol–water partition coefficient (Wildman–Crippen LogP) is -1.51. The first-order valence-electron chi connectivity index (χ1n) is 8.08. The first kappa shape index (κ1) is 17.2. The smallest absolute Gasteiger partial charge is 0.120 e. The number of piperidine rings is 1. The van der Waals surface area contributed by atoms with E-state index >= 15 is 0 Å². The molecule has 0 amide bonds. The minimum Gasteiger partial charge on any atom is -1.00 e. The average molecular weight is 322 g/mol. The molecule has 22 heavy (non-hydrogen) atoms. The van der Waals surface area contributed by atoms with Crippen LogP contribution in [0.15, 0.2) is 24.4 Å². The van der Waals surface area contributed by atoms with Gasteiger partial charge in [0.15, 0.2) is 0 Å². The second kappa shape index (κ2) is 7.92. The molecule has 1 unspecified atom stereocenters. The SMILES string of the molecule is N#CCC[C@H]1CC[C@]2(CCC[NH+](Cc3ccccn3)C2)O1.[Cl-]. The maximum atomic E-state index is 8.72. The van der Waals surface area contributed by atoms with Gasteiger partial charge in [0.2, 0.25) is 0 Å². The fourth-order valence-electron chi connectivity index (χ4n) is 3.84. The van der Waals surface area contributed by atoms with Crippen LogP contribution in [0.4, 0.5) is 0 Å². The highest BCUT2D eigenvalue weighted by Gasteiger charge is 2.45. The van der Waals surface area contributed by atoms with Gasteiger partial charge in [0.05, 0.1) is 24.4 Å². The highest BCUT2D eigenvalue weighted by Crippen LogP contribution is 2.36. The van der Waals surface area contributed by atoms with Gasteiger partial charge in [-0.15, -0.1) is 0 Å². The van der Waals surface area contributed by atoms with E-state index in [-0.39, 0.29) is 18.0 Å². The third kappa shape index (κ3) is 4.19. The Morgan fingerprint density at radius 3 is 3.09 bits per heavy atom. The van der Waals surface area contributed by atoms with Crippen LogP contribution in [0, 0.1) is 11.3 Å². The van der Waals surface area contributed by atoms with E-state index in [2.05, 4.69) is 23.2 Å². The van der Waals surface area contributed by atoms with Crippen molar-refractivity contribution in [2.45, 2.75) is 56.8 Å². The van der Waals surface area contributed by atoms with Crippen molar-refractivity contribution in [3.05, 3.63) is 30.1 Å². The first-order chi connectivity index (χ1) is 10.3. The van der Waals surface area contributed by atoms with Crippen LogP contribution >= 0.6 is 0 Å². The minimum atomic E-state index is 0. The van der Waals surface area contributed by atoms with Crippen molar-refractivity contribution >= 4 is 0 Å². The van der Waals surface area contributed by atoms with Gasteiger partial charge in [-0.2, -0.15) is 5.26 Å². The van der Waals surface area contributed by atoms with E-state index < -0.39 is 0 Å². The van der Waals surface area contributed by atoms with E-state index in [9.17, 15) is 0 Å². The molecule has 3 atom stereocenters. The highest BCUT2D eigenvalue weighted by molar-refractivity contribution is 5.02. The van der Waals surface area contributed by atoms with E-state index in [1.807, 2.05) is 12.3 Å². The molecule has 2 saturated heterocycles. The first-order valence-corrected chi connectivity index (χ1v) is 8.08. The van der Waals surface area contributed by atoms with Gasteiger partial charge in [-0.25, -0.2) is 0 Å². The van der Waals surface area contributed by atoms with Gasteiger partial charge in [-0.3, -0.25) is 4.98 Å². The van der Waals surface area contributed by atoms with Gasteiger partial charge >= 0.3 is 0 Å². The Hall–Kier alpha value is -1.15. The zero-order valence-corrected chi connectivity index (χ0v) is 13.7. The third-order valence-corrected chi connectivity index (χ3v) is 4.81. The molecule has 0 aromatic carbocycles. The summed E-state index contributed by atoms with van der Waals surface area (Å²) < 4.78 is 6.37. The van der Waals surface area contributed by atoms with Crippen molar-refractivity contribution in [2.24, 2.45) is 0 Å². The van der Waals surface area contributed by atoms with E-state index in [0.717, 1.165) is 32.4 Å². The Morgan fingerprint density at radius 2 is 2.32 bits per heavy atom. The Morgan fingerprint density at radius 1 is 1.41 bits per heavy atom. The largest absolute Gasteiger partial charge is 1.00 e. The number of hydrogen-bond acceptors (Lipinski definition) is 3. The molecular weight excluding hydrogens is 298 g/mol. The number of aromatic nitrogens is 1. The van der Waals surface area contributed by atoms with Crippen LogP contribution < -0.4 is 17.3 Å². The van der Waals surface area contributed by atoms with Crippen molar-refractivity contribution < 1.29 is 22.0 Å². The van der Waals surface area contributed by atoms with Crippen LogP contribution in [-0.4, -0.2) is 29.8 Å². The molecular formula is C17H24ClN3O. The lowest BCUT2D eigenvalue weighted by molar-refractivity contribution is -0.926. The molecule has 4 nitrogen and oxygen atoms in total. The van der Waals surface area contributed by atoms with Gasteiger partial charge in [0.25, 0.3) is 0 Å². The molecule has 0 aliphatic carbocycles. The summed E-state index contributed by atoms with van der Waals surface area (Å²) in [6.45, 7) is 3.30. The van der Waals surface area contributed by atoms with E-state index in [4.69, 9.17) is 10.00 Å².